The number of halogens is 2. The summed E-state index contributed by atoms with van der Waals surface area (Å²) in [5.74, 6) is 10.8. The van der Waals surface area contributed by atoms with Gasteiger partial charge >= 0.3 is 6.03 Å². The molecule has 0 radical (unpaired) electrons. The van der Waals surface area contributed by atoms with E-state index in [0.717, 1.165) is 10.0 Å². The molecular weight excluding hydrogens is 351 g/mol. The van der Waals surface area contributed by atoms with Crippen LogP contribution in [0.3, 0.4) is 0 Å². The molecule has 0 spiro atoms. The second-order valence-electron chi connectivity index (χ2n) is 5.36. The molecule has 7 nitrogen and oxygen atoms in total. The summed E-state index contributed by atoms with van der Waals surface area (Å²) in [5.41, 5.74) is 0.802. The molecule has 0 unspecified atom stereocenters. The molecule has 0 saturated heterocycles. The average molecular weight is 369 g/mol. The van der Waals surface area contributed by atoms with Gasteiger partial charge in [-0.25, -0.2) is 25.9 Å². The summed E-state index contributed by atoms with van der Waals surface area (Å²) in [6.45, 7) is 1.50. The summed E-state index contributed by atoms with van der Waals surface area (Å²) in [5, 5.41) is 11.2. The Morgan fingerprint density at radius 1 is 1.36 bits per heavy atom. The van der Waals surface area contributed by atoms with Crippen LogP contribution in [-0.2, 0) is 6.61 Å². The lowest BCUT2D eigenvalue weighted by molar-refractivity contribution is 0.216. The maximum absolute atomic E-state index is 14.2. The van der Waals surface area contributed by atoms with Gasteiger partial charge in [-0.05, 0) is 30.7 Å². The van der Waals surface area contributed by atoms with Gasteiger partial charge in [0.05, 0.1) is 16.3 Å². The number of nitrogens with two attached hydrogens (primary N) is 2. The monoisotopic (exact) mass is 368 g/mol. The van der Waals surface area contributed by atoms with Crippen LogP contribution in [-0.4, -0.2) is 23.2 Å². The number of urea groups is 1. The number of aromatic hydroxyl groups is 1. The first-order valence-electron chi connectivity index (χ1n) is 7.19. The van der Waals surface area contributed by atoms with Crippen LogP contribution >= 0.6 is 11.6 Å². The first-order valence-corrected chi connectivity index (χ1v) is 7.56. The third-order valence-electron chi connectivity index (χ3n) is 3.48. The van der Waals surface area contributed by atoms with Gasteiger partial charge in [0.2, 0.25) is 0 Å². The molecule has 2 aromatic carbocycles. The number of phenolic OH excluding ortho intramolecular Hbond substituents is 1. The van der Waals surface area contributed by atoms with Gasteiger partial charge in [-0.15, -0.1) is 0 Å². The molecule has 0 bridgehead atoms. The molecule has 2 rings (SSSR count). The summed E-state index contributed by atoms with van der Waals surface area (Å²) in [4.78, 5) is 11.9. The zero-order valence-corrected chi connectivity index (χ0v) is 14.4. The largest absolute Gasteiger partial charge is 0.506 e. The van der Waals surface area contributed by atoms with E-state index in [1.807, 2.05) is 0 Å². The molecule has 2 aromatic rings. The quantitative estimate of drug-likeness (QED) is 0.437. The molecule has 0 heterocycles. The second kappa shape index (κ2) is 7.56. The fourth-order valence-electron chi connectivity index (χ4n) is 2.14. The van der Waals surface area contributed by atoms with Crippen molar-refractivity contribution in [2.75, 3.05) is 12.1 Å². The van der Waals surface area contributed by atoms with E-state index < -0.39 is 11.8 Å². The standard InChI is InChI=1S/C16H18ClFN4O3/c1-9-6-14(23)11(17)7-15(9)25-8-10-12(18)4-3-5-13(10)22(20)16(24)21(2)19/h3-7,23H,8,19-20H2,1-2H3. The van der Waals surface area contributed by atoms with Crippen LogP contribution in [0.4, 0.5) is 14.9 Å². The number of aryl methyl sites for hydroxylation is 1. The molecule has 134 valence electrons. The normalized spacial score (nSPS) is 10.5. The van der Waals surface area contributed by atoms with Crippen molar-refractivity contribution in [3.05, 3.63) is 52.3 Å². The fourth-order valence-corrected chi connectivity index (χ4v) is 2.30. The molecule has 0 aliphatic carbocycles. The van der Waals surface area contributed by atoms with Crippen LogP contribution in [0.15, 0.2) is 30.3 Å². The SMILES string of the molecule is Cc1cc(O)c(Cl)cc1OCc1c(F)cccc1N(N)C(=O)N(C)N. The van der Waals surface area contributed by atoms with Gasteiger partial charge < -0.3 is 9.84 Å². The Balaban J connectivity index is 2.31. The first kappa shape index (κ1) is 18.8. The minimum atomic E-state index is -0.726. The molecular formula is C16H18ClFN4O3. The Hall–Kier alpha value is -2.55. The van der Waals surface area contributed by atoms with Gasteiger partial charge in [0.15, 0.2) is 0 Å². The molecule has 25 heavy (non-hydrogen) atoms. The number of rotatable bonds is 4. The van der Waals surface area contributed by atoms with E-state index in [2.05, 4.69) is 0 Å². The van der Waals surface area contributed by atoms with Gasteiger partial charge in [0, 0.05) is 13.1 Å². The number of carbonyl (C=O) groups excluding carboxylic acids is 1. The number of anilines is 1. The number of ether oxygens (including phenoxy) is 1. The third kappa shape index (κ3) is 4.11. The molecule has 9 heteroatoms. The van der Waals surface area contributed by atoms with Crippen molar-refractivity contribution < 1.29 is 19.0 Å². The van der Waals surface area contributed by atoms with E-state index in [1.54, 1.807) is 6.92 Å². The van der Waals surface area contributed by atoms with E-state index in [1.165, 1.54) is 37.4 Å². The average Bonchev–Trinajstić information content (AvgIpc) is 2.56. The second-order valence-corrected chi connectivity index (χ2v) is 5.77. The molecule has 0 atom stereocenters. The van der Waals surface area contributed by atoms with E-state index in [4.69, 9.17) is 28.0 Å². The zero-order chi connectivity index (χ0) is 18.7. The van der Waals surface area contributed by atoms with Crippen LogP contribution in [0.1, 0.15) is 11.1 Å². The number of hydrogen-bond donors (Lipinski definition) is 3. The Morgan fingerprint density at radius 2 is 2.04 bits per heavy atom. The number of hydrazine groups is 2. The predicted molar refractivity (Wildman–Crippen MR) is 92.6 cm³/mol. The van der Waals surface area contributed by atoms with Crippen molar-refractivity contribution in [2.24, 2.45) is 11.7 Å². The van der Waals surface area contributed by atoms with Gasteiger partial charge in [0.25, 0.3) is 0 Å². The highest BCUT2D eigenvalue weighted by Crippen LogP contribution is 2.32. The zero-order valence-electron chi connectivity index (χ0n) is 13.7. The van der Waals surface area contributed by atoms with Crippen LogP contribution in [0.5, 0.6) is 11.5 Å². The number of amides is 2. The van der Waals surface area contributed by atoms with Crippen LogP contribution in [0.2, 0.25) is 5.02 Å². The maximum atomic E-state index is 14.2. The van der Waals surface area contributed by atoms with Crippen LogP contribution < -0.4 is 21.4 Å². The molecule has 0 aliphatic rings. The maximum Gasteiger partial charge on any atom is 0.352 e. The molecule has 0 aromatic heterocycles. The van der Waals surface area contributed by atoms with E-state index in [-0.39, 0.29) is 28.6 Å². The third-order valence-corrected chi connectivity index (χ3v) is 3.78. The molecule has 0 saturated carbocycles. The Bertz CT molecular complexity index is 801. The van der Waals surface area contributed by atoms with Crippen molar-refractivity contribution in [3.63, 3.8) is 0 Å². The molecule has 0 fully saturated rings. The number of hydrogen-bond acceptors (Lipinski definition) is 5. The van der Waals surface area contributed by atoms with Crippen molar-refractivity contribution >= 4 is 23.3 Å². The summed E-state index contributed by atoms with van der Waals surface area (Å²) < 4.78 is 19.8. The highest BCUT2D eigenvalue weighted by atomic mass is 35.5. The Morgan fingerprint density at radius 3 is 2.68 bits per heavy atom. The van der Waals surface area contributed by atoms with Gasteiger partial charge in [0.1, 0.15) is 23.9 Å². The van der Waals surface area contributed by atoms with Crippen molar-refractivity contribution in [1.82, 2.24) is 5.01 Å². The summed E-state index contributed by atoms with van der Waals surface area (Å²) in [6.07, 6.45) is 0. The number of benzene rings is 2. The number of carbonyl (C=O) groups is 1. The smallest absolute Gasteiger partial charge is 0.352 e. The topological polar surface area (TPSA) is 105 Å². The van der Waals surface area contributed by atoms with Gasteiger partial charge in [-0.2, -0.15) is 0 Å². The van der Waals surface area contributed by atoms with E-state index in [9.17, 15) is 14.3 Å². The lowest BCUT2D eigenvalue weighted by Gasteiger charge is -2.23. The molecule has 2 amide bonds. The minimum absolute atomic E-state index is 0.0730. The van der Waals surface area contributed by atoms with Crippen molar-refractivity contribution in [3.8, 4) is 11.5 Å². The number of phenols is 1. The van der Waals surface area contributed by atoms with E-state index >= 15 is 0 Å². The summed E-state index contributed by atoms with van der Waals surface area (Å²) >= 11 is 5.86. The van der Waals surface area contributed by atoms with Crippen LogP contribution in [0.25, 0.3) is 0 Å². The highest BCUT2D eigenvalue weighted by Gasteiger charge is 2.20. The van der Waals surface area contributed by atoms with E-state index in [0.29, 0.717) is 11.3 Å². The summed E-state index contributed by atoms with van der Waals surface area (Å²) in [6, 6.07) is 6.24. The van der Waals surface area contributed by atoms with Gasteiger partial charge in [-0.1, -0.05) is 17.7 Å². The highest BCUT2D eigenvalue weighted by molar-refractivity contribution is 6.32. The summed E-state index contributed by atoms with van der Waals surface area (Å²) in [7, 11) is 1.32. The number of nitrogens with zero attached hydrogens (tertiary/aromatic N) is 2. The first-order chi connectivity index (χ1) is 11.7. The molecule has 5 N–H and O–H groups in total. The van der Waals surface area contributed by atoms with Crippen molar-refractivity contribution in [2.45, 2.75) is 13.5 Å². The minimum Gasteiger partial charge on any atom is -0.506 e. The lowest BCUT2D eigenvalue weighted by Crippen LogP contribution is -2.49. The van der Waals surface area contributed by atoms with Crippen LogP contribution in [0, 0.1) is 12.7 Å². The van der Waals surface area contributed by atoms with Gasteiger partial charge in [-0.3, -0.25) is 5.01 Å². The fraction of sp³-hybridized carbons (Fsp3) is 0.188. The Labute approximate surface area is 149 Å². The predicted octanol–water partition coefficient (Wildman–Crippen LogP) is 2.68. The molecule has 0 aliphatic heterocycles. The van der Waals surface area contributed by atoms with Crippen molar-refractivity contribution in [1.29, 1.82) is 0 Å². The Kier molecular flexibility index (Phi) is 5.68. The lowest BCUT2D eigenvalue weighted by atomic mass is 10.1.